The molecule has 1 atom stereocenters. The fraction of sp³-hybridized carbons (Fsp3) is 0.417. The summed E-state index contributed by atoms with van der Waals surface area (Å²) in [5.74, 6) is -0.484. The van der Waals surface area contributed by atoms with Crippen LogP contribution in [0, 0.1) is 12.7 Å². The Bertz CT molecular complexity index is 414. The Morgan fingerprint density at radius 3 is 2.93 bits per heavy atom. The summed E-state index contributed by atoms with van der Waals surface area (Å²) in [5, 5.41) is 2.87. The van der Waals surface area contributed by atoms with E-state index in [0.29, 0.717) is 5.56 Å². The number of rotatable bonds is 1. The van der Waals surface area contributed by atoms with Crippen LogP contribution in [0.3, 0.4) is 0 Å². The van der Waals surface area contributed by atoms with Crippen molar-refractivity contribution in [3.8, 4) is 0 Å². The van der Waals surface area contributed by atoms with E-state index < -0.39 is 0 Å². The predicted molar refractivity (Wildman–Crippen MR) is 56.4 cm³/mol. The molecule has 1 unspecified atom stereocenters. The molecular formula is C12H14FNO. The third-order valence-corrected chi connectivity index (χ3v) is 2.96. The molecule has 0 aliphatic carbocycles. The van der Waals surface area contributed by atoms with Crippen LogP contribution in [-0.4, -0.2) is 11.9 Å². The zero-order chi connectivity index (χ0) is 11.0. The SMILES string of the molecule is CCC1Cc2c(C)cc(F)cc2C(=O)N1. The van der Waals surface area contributed by atoms with E-state index in [9.17, 15) is 9.18 Å². The Kier molecular flexibility index (Phi) is 2.47. The van der Waals surface area contributed by atoms with Gasteiger partial charge in [0.1, 0.15) is 5.82 Å². The Labute approximate surface area is 88.5 Å². The van der Waals surface area contributed by atoms with Crippen molar-refractivity contribution >= 4 is 5.91 Å². The molecule has 1 aliphatic heterocycles. The average molecular weight is 207 g/mol. The lowest BCUT2D eigenvalue weighted by molar-refractivity contribution is 0.0923. The van der Waals surface area contributed by atoms with Crippen LogP contribution in [0.25, 0.3) is 0 Å². The van der Waals surface area contributed by atoms with Gasteiger partial charge in [0.25, 0.3) is 5.91 Å². The monoisotopic (exact) mass is 207 g/mol. The van der Waals surface area contributed by atoms with Crippen molar-refractivity contribution in [1.82, 2.24) is 5.32 Å². The van der Waals surface area contributed by atoms with Gasteiger partial charge in [-0.05, 0) is 43.0 Å². The van der Waals surface area contributed by atoms with Gasteiger partial charge >= 0.3 is 0 Å². The van der Waals surface area contributed by atoms with Gasteiger partial charge in [0.15, 0.2) is 0 Å². The van der Waals surface area contributed by atoms with Crippen molar-refractivity contribution in [2.45, 2.75) is 32.7 Å². The number of carbonyl (C=O) groups excluding carboxylic acids is 1. The Morgan fingerprint density at radius 2 is 2.27 bits per heavy atom. The van der Waals surface area contributed by atoms with E-state index in [0.717, 1.165) is 24.0 Å². The van der Waals surface area contributed by atoms with Crippen molar-refractivity contribution < 1.29 is 9.18 Å². The molecule has 0 spiro atoms. The van der Waals surface area contributed by atoms with Crippen molar-refractivity contribution in [2.24, 2.45) is 0 Å². The smallest absolute Gasteiger partial charge is 0.251 e. The molecule has 0 saturated carbocycles. The molecule has 15 heavy (non-hydrogen) atoms. The van der Waals surface area contributed by atoms with Crippen LogP contribution in [0.5, 0.6) is 0 Å². The molecule has 0 saturated heterocycles. The lowest BCUT2D eigenvalue weighted by Crippen LogP contribution is -2.41. The summed E-state index contributed by atoms with van der Waals surface area (Å²) >= 11 is 0. The second-order valence-corrected chi connectivity index (χ2v) is 4.03. The van der Waals surface area contributed by atoms with Crippen LogP contribution in [-0.2, 0) is 6.42 Å². The summed E-state index contributed by atoms with van der Waals surface area (Å²) in [6.45, 7) is 3.89. The topological polar surface area (TPSA) is 29.1 Å². The zero-order valence-electron chi connectivity index (χ0n) is 8.93. The average Bonchev–Trinajstić information content (AvgIpc) is 2.19. The van der Waals surface area contributed by atoms with Gasteiger partial charge in [-0.3, -0.25) is 4.79 Å². The highest BCUT2D eigenvalue weighted by Crippen LogP contribution is 2.22. The van der Waals surface area contributed by atoms with Gasteiger partial charge in [-0.2, -0.15) is 0 Å². The minimum absolute atomic E-state index is 0.147. The highest BCUT2D eigenvalue weighted by atomic mass is 19.1. The highest BCUT2D eigenvalue weighted by molar-refractivity contribution is 5.97. The molecule has 1 aliphatic rings. The molecule has 1 aromatic rings. The summed E-state index contributed by atoms with van der Waals surface area (Å²) in [4.78, 5) is 11.7. The molecule has 80 valence electrons. The summed E-state index contributed by atoms with van der Waals surface area (Å²) in [5.41, 5.74) is 2.36. The van der Waals surface area contributed by atoms with E-state index in [1.807, 2.05) is 13.8 Å². The quantitative estimate of drug-likeness (QED) is 0.751. The molecule has 0 radical (unpaired) electrons. The van der Waals surface area contributed by atoms with Crippen molar-refractivity contribution in [1.29, 1.82) is 0 Å². The first-order chi connectivity index (χ1) is 7.11. The number of amides is 1. The first kappa shape index (κ1) is 10.1. The van der Waals surface area contributed by atoms with E-state index in [-0.39, 0.29) is 17.8 Å². The number of aryl methyl sites for hydroxylation is 1. The van der Waals surface area contributed by atoms with E-state index in [4.69, 9.17) is 0 Å². The van der Waals surface area contributed by atoms with E-state index in [1.165, 1.54) is 12.1 Å². The maximum Gasteiger partial charge on any atom is 0.251 e. The number of carbonyl (C=O) groups is 1. The minimum Gasteiger partial charge on any atom is -0.349 e. The molecule has 2 rings (SSSR count). The molecule has 0 bridgehead atoms. The normalized spacial score (nSPS) is 19.7. The lowest BCUT2D eigenvalue weighted by atomic mass is 9.90. The standard InChI is InChI=1S/C12H14FNO/c1-3-9-6-10-7(2)4-8(13)5-11(10)12(15)14-9/h4-5,9H,3,6H2,1-2H3,(H,14,15). The maximum atomic E-state index is 13.1. The molecule has 1 heterocycles. The fourth-order valence-electron chi connectivity index (χ4n) is 2.05. The van der Waals surface area contributed by atoms with Crippen LogP contribution in [0.4, 0.5) is 4.39 Å². The van der Waals surface area contributed by atoms with Gasteiger partial charge in [-0.15, -0.1) is 0 Å². The molecular weight excluding hydrogens is 193 g/mol. The van der Waals surface area contributed by atoms with Crippen molar-refractivity contribution in [2.75, 3.05) is 0 Å². The largest absolute Gasteiger partial charge is 0.349 e. The Balaban J connectivity index is 2.50. The molecule has 0 fully saturated rings. The first-order valence-corrected chi connectivity index (χ1v) is 5.21. The minimum atomic E-state index is -0.337. The molecule has 3 heteroatoms. The number of hydrogen-bond acceptors (Lipinski definition) is 1. The van der Waals surface area contributed by atoms with Crippen LogP contribution in [0.1, 0.15) is 34.8 Å². The summed E-state index contributed by atoms with van der Waals surface area (Å²) in [6, 6.07) is 3.00. The maximum absolute atomic E-state index is 13.1. The van der Waals surface area contributed by atoms with E-state index >= 15 is 0 Å². The first-order valence-electron chi connectivity index (χ1n) is 5.21. The number of halogens is 1. The van der Waals surface area contributed by atoms with Gasteiger partial charge in [0.2, 0.25) is 0 Å². The fourth-order valence-corrected chi connectivity index (χ4v) is 2.05. The van der Waals surface area contributed by atoms with Crippen molar-refractivity contribution in [3.63, 3.8) is 0 Å². The van der Waals surface area contributed by atoms with E-state index in [2.05, 4.69) is 5.32 Å². The Morgan fingerprint density at radius 1 is 1.53 bits per heavy atom. The number of benzene rings is 1. The summed E-state index contributed by atoms with van der Waals surface area (Å²) < 4.78 is 13.1. The van der Waals surface area contributed by atoms with Crippen LogP contribution in [0.15, 0.2) is 12.1 Å². The van der Waals surface area contributed by atoms with Gasteiger partial charge in [-0.25, -0.2) is 4.39 Å². The van der Waals surface area contributed by atoms with Crippen molar-refractivity contribution in [3.05, 3.63) is 34.6 Å². The third kappa shape index (κ3) is 1.74. The van der Waals surface area contributed by atoms with Crippen LogP contribution < -0.4 is 5.32 Å². The van der Waals surface area contributed by atoms with Gasteiger partial charge in [0.05, 0.1) is 0 Å². The summed E-state index contributed by atoms with van der Waals surface area (Å²) in [6.07, 6.45) is 1.71. The molecule has 0 aromatic heterocycles. The lowest BCUT2D eigenvalue weighted by Gasteiger charge is -2.26. The van der Waals surface area contributed by atoms with Gasteiger partial charge in [-0.1, -0.05) is 6.92 Å². The predicted octanol–water partition coefficient (Wildman–Crippen LogP) is 2.20. The second kappa shape index (κ2) is 3.65. The van der Waals surface area contributed by atoms with Crippen LogP contribution >= 0.6 is 0 Å². The zero-order valence-corrected chi connectivity index (χ0v) is 8.93. The molecule has 1 amide bonds. The van der Waals surface area contributed by atoms with E-state index in [1.54, 1.807) is 0 Å². The second-order valence-electron chi connectivity index (χ2n) is 4.03. The van der Waals surface area contributed by atoms with Gasteiger partial charge in [0, 0.05) is 11.6 Å². The number of hydrogen-bond donors (Lipinski definition) is 1. The molecule has 1 aromatic carbocycles. The third-order valence-electron chi connectivity index (χ3n) is 2.96. The van der Waals surface area contributed by atoms with Crippen LogP contribution in [0.2, 0.25) is 0 Å². The van der Waals surface area contributed by atoms with Gasteiger partial charge < -0.3 is 5.32 Å². The summed E-state index contributed by atoms with van der Waals surface area (Å²) in [7, 11) is 0. The molecule has 2 nitrogen and oxygen atoms in total. The Hall–Kier alpha value is -1.38. The highest BCUT2D eigenvalue weighted by Gasteiger charge is 2.24. The number of fused-ring (bicyclic) bond motifs is 1. The number of nitrogens with one attached hydrogen (secondary N) is 1. The molecule has 1 N–H and O–H groups in total.